The predicted octanol–water partition coefficient (Wildman–Crippen LogP) is 1.38. The summed E-state index contributed by atoms with van der Waals surface area (Å²) < 4.78 is 5.46. The van der Waals surface area contributed by atoms with Crippen LogP contribution in [0.1, 0.15) is 28.0 Å². The third-order valence-corrected chi connectivity index (χ3v) is 4.85. The second-order valence-electron chi connectivity index (χ2n) is 6.88. The highest BCUT2D eigenvalue weighted by atomic mass is 16.3. The number of carbonyl (C=O) groups excluding carboxylic acids is 1. The van der Waals surface area contributed by atoms with Crippen molar-refractivity contribution in [3.63, 3.8) is 0 Å². The number of aromatic nitrogens is 3. The second kappa shape index (κ2) is 8.27. The van der Waals surface area contributed by atoms with Gasteiger partial charge in [0.2, 0.25) is 11.8 Å². The average Bonchev–Trinajstić information content (AvgIpc) is 3.26. The maximum absolute atomic E-state index is 12.8. The Morgan fingerprint density at radius 3 is 2.52 bits per heavy atom. The molecule has 1 atom stereocenters. The zero-order chi connectivity index (χ0) is 20.2. The minimum Gasteiger partial charge on any atom is -0.508 e. The Kier molecular flexibility index (Phi) is 5.39. The van der Waals surface area contributed by atoms with Crippen LogP contribution in [0.3, 0.4) is 0 Å². The topological polar surface area (TPSA) is 122 Å². The van der Waals surface area contributed by atoms with Crippen molar-refractivity contribution in [1.29, 1.82) is 0 Å². The lowest BCUT2D eigenvalue weighted by molar-refractivity contribution is 0.0740. The number of aromatic hydroxyl groups is 1. The van der Waals surface area contributed by atoms with E-state index in [0.29, 0.717) is 44.4 Å². The van der Waals surface area contributed by atoms with Crippen molar-refractivity contribution in [2.24, 2.45) is 5.73 Å². The van der Waals surface area contributed by atoms with Gasteiger partial charge in [-0.3, -0.25) is 4.79 Å². The molecule has 9 heteroatoms. The highest BCUT2D eigenvalue weighted by Gasteiger charge is 2.26. The molecule has 1 aliphatic rings. The number of amides is 1. The fourth-order valence-electron chi connectivity index (χ4n) is 3.26. The molecular weight excluding hydrogens is 372 g/mol. The zero-order valence-corrected chi connectivity index (χ0v) is 15.8. The molecule has 1 fully saturated rings. The highest BCUT2D eigenvalue weighted by molar-refractivity contribution is 5.92. The van der Waals surface area contributed by atoms with E-state index >= 15 is 0 Å². The summed E-state index contributed by atoms with van der Waals surface area (Å²) in [6.07, 6.45) is 5.27. The van der Waals surface area contributed by atoms with Gasteiger partial charge in [-0.05, 0) is 30.2 Å². The van der Waals surface area contributed by atoms with E-state index in [1.165, 1.54) is 6.26 Å². The molecule has 1 amide bonds. The molecular formula is C20H22N6O3. The van der Waals surface area contributed by atoms with Gasteiger partial charge in [-0.1, -0.05) is 12.1 Å². The van der Waals surface area contributed by atoms with Gasteiger partial charge in [-0.2, -0.15) is 0 Å². The minimum absolute atomic E-state index is 0.175. The van der Waals surface area contributed by atoms with Crippen molar-refractivity contribution in [2.75, 3.05) is 31.1 Å². The van der Waals surface area contributed by atoms with E-state index in [9.17, 15) is 9.90 Å². The van der Waals surface area contributed by atoms with Crippen molar-refractivity contribution in [2.45, 2.75) is 12.5 Å². The number of carbonyl (C=O) groups is 1. The lowest BCUT2D eigenvalue weighted by Gasteiger charge is -2.34. The summed E-state index contributed by atoms with van der Waals surface area (Å²) in [5.74, 6) is 1.01. The number of anilines is 1. The van der Waals surface area contributed by atoms with Crippen LogP contribution in [0.4, 0.5) is 5.95 Å². The van der Waals surface area contributed by atoms with Crippen molar-refractivity contribution in [1.82, 2.24) is 19.9 Å². The van der Waals surface area contributed by atoms with Crippen LogP contribution in [0.5, 0.6) is 5.75 Å². The van der Waals surface area contributed by atoms with Crippen LogP contribution in [0.2, 0.25) is 0 Å². The summed E-state index contributed by atoms with van der Waals surface area (Å²) in [4.78, 5) is 29.4. The fourth-order valence-corrected chi connectivity index (χ4v) is 3.26. The Morgan fingerprint density at radius 2 is 1.83 bits per heavy atom. The minimum atomic E-state index is -0.479. The van der Waals surface area contributed by atoms with E-state index in [1.807, 2.05) is 4.90 Å². The van der Waals surface area contributed by atoms with Gasteiger partial charge in [0.15, 0.2) is 5.69 Å². The highest BCUT2D eigenvalue weighted by Crippen LogP contribution is 2.19. The largest absolute Gasteiger partial charge is 0.508 e. The van der Waals surface area contributed by atoms with Gasteiger partial charge in [-0.15, -0.1) is 0 Å². The number of phenolic OH excluding ortho intramolecular Hbond substituents is 1. The lowest BCUT2D eigenvalue weighted by atomic mass is 10.1. The fraction of sp³-hybridized carbons (Fsp3) is 0.300. The van der Waals surface area contributed by atoms with E-state index < -0.39 is 6.04 Å². The summed E-state index contributed by atoms with van der Waals surface area (Å²) in [6, 6.07) is 8.09. The smallest absolute Gasteiger partial charge is 0.275 e. The van der Waals surface area contributed by atoms with E-state index in [-0.39, 0.29) is 17.4 Å². The molecule has 1 aliphatic heterocycles. The zero-order valence-electron chi connectivity index (χ0n) is 15.8. The predicted molar refractivity (Wildman–Crippen MR) is 105 cm³/mol. The number of nitrogens with two attached hydrogens (primary N) is 1. The summed E-state index contributed by atoms with van der Waals surface area (Å²) in [7, 11) is 0. The number of phenols is 1. The molecule has 0 aliphatic carbocycles. The van der Waals surface area contributed by atoms with Gasteiger partial charge in [0.1, 0.15) is 12.0 Å². The van der Waals surface area contributed by atoms with Crippen molar-refractivity contribution >= 4 is 11.9 Å². The normalized spacial score (nSPS) is 15.3. The number of rotatable bonds is 5. The van der Waals surface area contributed by atoms with Crippen LogP contribution < -0.4 is 10.6 Å². The lowest BCUT2D eigenvalue weighted by Crippen LogP contribution is -2.49. The third kappa shape index (κ3) is 4.35. The standard InChI is InChI=1S/C20H22N6O3/c21-16(12-14-2-4-15(27)5-3-14)18-24-17(13-29-18)19(28)25-8-10-26(11-9-25)20-22-6-1-7-23-20/h1-7,13,16,27H,8-12,21H2. The average molecular weight is 394 g/mol. The third-order valence-electron chi connectivity index (χ3n) is 4.85. The summed E-state index contributed by atoms with van der Waals surface area (Å²) in [5.41, 5.74) is 7.38. The molecule has 0 radical (unpaired) electrons. The molecule has 9 nitrogen and oxygen atoms in total. The molecule has 1 aromatic carbocycles. The van der Waals surface area contributed by atoms with Gasteiger partial charge in [0.25, 0.3) is 5.91 Å². The summed E-state index contributed by atoms with van der Waals surface area (Å²) in [5, 5.41) is 9.36. The number of oxazole rings is 1. The summed E-state index contributed by atoms with van der Waals surface area (Å²) >= 11 is 0. The number of piperazine rings is 1. The number of hydrogen-bond acceptors (Lipinski definition) is 8. The van der Waals surface area contributed by atoms with E-state index in [1.54, 1.807) is 47.6 Å². The van der Waals surface area contributed by atoms with Gasteiger partial charge in [0, 0.05) is 38.6 Å². The van der Waals surface area contributed by atoms with E-state index in [4.69, 9.17) is 10.2 Å². The molecule has 1 saturated heterocycles. The Bertz CT molecular complexity index is 952. The van der Waals surface area contributed by atoms with Crippen molar-refractivity contribution in [3.8, 4) is 5.75 Å². The van der Waals surface area contributed by atoms with Gasteiger partial charge in [-0.25, -0.2) is 15.0 Å². The molecule has 1 unspecified atom stereocenters. The summed E-state index contributed by atoms with van der Waals surface area (Å²) in [6.45, 7) is 2.42. The molecule has 29 heavy (non-hydrogen) atoms. The number of nitrogens with zero attached hydrogens (tertiary/aromatic N) is 5. The van der Waals surface area contributed by atoms with Crippen molar-refractivity contribution in [3.05, 3.63) is 66.1 Å². The van der Waals surface area contributed by atoms with Gasteiger partial charge >= 0.3 is 0 Å². The molecule has 4 rings (SSSR count). The number of hydrogen-bond donors (Lipinski definition) is 2. The molecule has 0 bridgehead atoms. The first kappa shape index (κ1) is 18.9. The van der Waals surface area contributed by atoms with Gasteiger partial charge < -0.3 is 25.1 Å². The molecule has 2 aromatic heterocycles. The van der Waals surface area contributed by atoms with Crippen LogP contribution in [0.15, 0.2) is 53.4 Å². The van der Waals surface area contributed by atoms with Crippen LogP contribution in [-0.2, 0) is 6.42 Å². The van der Waals surface area contributed by atoms with Crippen LogP contribution in [-0.4, -0.2) is 57.0 Å². The maximum Gasteiger partial charge on any atom is 0.275 e. The Balaban J connectivity index is 1.35. The second-order valence-corrected chi connectivity index (χ2v) is 6.88. The Morgan fingerprint density at radius 1 is 1.14 bits per heavy atom. The molecule has 0 saturated carbocycles. The quantitative estimate of drug-likeness (QED) is 0.665. The first-order valence-electron chi connectivity index (χ1n) is 9.40. The molecule has 3 N–H and O–H groups in total. The number of benzene rings is 1. The van der Waals surface area contributed by atoms with E-state index in [0.717, 1.165) is 5.56 Å². The Hall–Kier alpha value is -3.46. The molecule has 3 heterocycles. The maximum atomic E-state index is 12.8. The SMILES string of the molecule is NC(Cc1ccc(O)cc1)c1nc(C(=O)N2CCN(c3ncccn3)CC2)co1. The van der Waals surface area contributed by atoms with Crippen LogP contribution in [0.25, 0.3) is 0 Å². The molecule has 0 spiro atoms. The Labute approximate surface area is 167 Å². The van der Waals surface area contributed by atoms with Crippen LogP contribution >= 0.6 is 0 Å². The monoisotopic (exact) mass is 394 g/mol. The van der Waals surface area contributed by atoms with Gasteiger partial charge in [0.05, 0.1) is 6.04 Å². The van der Waals surface area contributed by atoms with E-state index in [2.05, 4.69) is 15.0 Å². The van der Waals surface area contributed by atoms with Crippen LogP contribution in [0, 0.1) is 0 Å². The molecule has 150 valence electrons. The first-order chi connectivity index (χ1) is 14.1. The molecule has 3 aromatic rings. The van der Waals surface area contributed by atoms with Crippen molar-refractivity contribution < 1.29 is 14.3 Å². The first-order valence-corrected chi connectivity index (χ1v) is 9.40.